The predicted molar refractivity (Wildman–Crippen MR) is 102 cm³/mol. The number of nitrogens with one attached hydrogen (secondary N) is 1. The van der Waals surface area contributed by atoms with Crippen LogP contribution in [0.5, 0.6) is 17.2 Å². The molecule has 0 aliphatic heterocycles. The van der Waals surface area contributed by atoms with Crippen LogP contribution >= 0.6 is 0 Å². The second-order valence-corrected chi connectivity index (χ2v) is 5.82. The first-order valence-corrected chi connectivity index (χ1v) is 8.79. The van der Waals surface area contributed by atoms with Gasteiger partial charge in [-0.15, -0.1) is 0 Å². The molecule has 27 heavy (non-hydrogen) atoms. The second-order valence-electron chi connectivity index (χ2n) is 5.82. The Bertz CT molecular complexity index is 919. The number of nitrogens with zero attached hydrogens (tertiary/aromatic N) is 2. The van der Waals surface area contributed by atoms with Gasteiger partial charge in [0, 0.05) is 6.20 Å². The molecule has 7 heteroatoms. The van der Waals surface area contributed by atoms with E-state index >= 15 is 0 Å². The van der Waals surface area contributed by atoms with Gasteiger partial charge in [0.2, 0.25) is 0 Å². The van der Waals surface area contributed by atoms with Gasteiger partial charge in [-0.25, -0.2) is 4.98 Å². The molecule has 0 spiro atoms. The van der Waals surface area contributed by atoms with E-state index in [1.807, 2.05) is 50.2 Å². The molecule has 2 heterocycles. The van der Waals surface area contributed by atoms with E-state index in [0.29, 0.717) is 42.5 Å². The summed E-state index contributed by atoms with van der Waals surface area (Å²) >= 11 is 0. The van der Waals surface area contributed by atoms with Crippen molar-refractivity contribution in [2.45, 2.75) is 13.8 Å². The molecule has 1 aromatic carbocycles. The predicted octanol–water partition coefficient (Wildman–Crippen LogP) is 2.86. The molecule has 3 rings (SSSR count). The number of aryl methyl sites for hydroxylation is 1. The SMILES string of the molecule is CCOc1cccn2c(C(=O)NCCOc3ccc(OC)cc3)c(C)nc12. The van der Waals surface area contributed by atoms with Gasteiger partial charge in [-0.1, -0.05) is 0 Å². The van der Waals surface area contributed by atoms with Gasteiger partial charge in [-0.05, 0) is 50.2 Å². The van der Waals surface area contributed by atoms with E-state index in [1.54, 1.807) is 17.7 Å². The largest absolute Gasteiger partial charge is 0.497 e. The van der Waals surface area contributed by atoms with Crippen molar-refractivity contribution in [3.05, 3.63) is 54.0 Å². The quantitative estimate of drug-likeness (QED) is 0.618. The topological polar surface area (TPSA) is 74.1 Å². The minimum Gasteiger partial charge on any atom is -0.497 e. The number of ether oxygens (including phenoxy) is 3. The number of aromatic nitrogens is 2. The van der Waals surface area contributed by atoms with Crippen LogP contribution in [0.1, 0.15) is 23.1 Å². The Labute approximate surface area is 157 Å². The average molecular weight is 369 g/mol. The number of hydrogen-bond acceptors (Lipinski definition) is 5. The fraction of sp³-hybridized carbons (Fsp3) is 0.300. The van der Waals surface area contributed by atoms with Gasteiger partial charge in [0.15, 0.2) is 11.4 Å². The Morgan fingerprint density at radius 3 is 2.59 bits per heavy atom. The third kappa shape index (κ3) is 4.13. The van der Waals surface area contributed by atoms with Crippen molar-refractivity contribution in [2.24, 2.45) is 0 Å². The number of carbonyl (C=O) groups excluding carboxylic acids is 1. The summed E-state index contributed by atoms with van der Waals surface area (Å²) in [6.45, 7) is 5.00. The average Bonchev–Trinajstić information content (AvgIpc) is 3.03. The molecule has 142 valence electrons. The molecular formula is C20H23N3O4. The van der Waals surface area contributed by atoms with E-state index in [9.17, 15) is 4.79 Å². The maximum atomic E-state index is 12.6. The highest BCUT2D eigenvalue weighted by atomic mass is 16.5. The minimum absolute atomic E-state index is 0.202. The molecule has 0 aliphatic carbocycles. The molecule has 1 amide bonds. The summed E-state index contributed by atoms with van der Waals surface area (Å²) in [7, 11) is 1.62. The van der Waals surface area contributed by atoms with Crippen LogP contribution in [0, 0.1) is 6.92 Å². The highest BCUT2D eigenvalue weighted by molar-refractivity contribution is 5.94. The molecule has 3 aromatic rings. The highest BCUT2D eigenvalue weighted by Gasteiger charge is 2.18. The molecule has 0 bridgehead atoms. The molecular weight excluding hydrogens is 346 g/mol. The van der Waals surface area contributed by atoms with Crippen LogP contribution in [-0.2, 0) is 0 Å². The van der Waals surface area contributed by atoms with Crippen molar-refractivity contribution in [3.8, 4) is 17.2 Å². The minimum atomic E-state index is -0.202. The third-order valence-corrected chi connectivity index (χ3v) is 4.02. The van der Waals surface area contributed by atoms with Gasteiger partial charge >= 0.3 is 0 Å². The van der Waals surface area contributed by atoms with Crippen molar-refractivity contribution >= 4 is 11.6 Å². The number of carbonyl (C=O) groups is 1. The fourth-order valence-electron chi connectivity index (χ4n) is 2.79. The lowest BCUT2D eigenvalue weighted by molar-refractivity contribution is 0.0940. The van der Waals surface area contributed by atoms with Crippen LogP contribution in [0.15, 0.2) is 42.6 Å². The molecule has 0 unspecified atom stereocenters. The second kappa shape index (κ2) is 8.44. The first kappa shape index (κ1) is 18.6. The summed E-state index contributed by atoms with van der Waals surface area (Å²) in [6.07, 6.45) is 1.81. The molecule has 2 aromatic heterocycles. The number of benzene rings is 1. The zero-order valence-electron chi connectivity index (χ0n) is 15.7. The molecule has 0 saturated heterocycles. The normalized spacial score (nSPS) is 10.6. The number of rotatable bonds is 8. The zero-order chi connectivity index (χ0) is 19.2. The molecule has 0 radical (unpaired) electrons. The Morgan fingerprint density at radius 1 is 1.15 bits per heavy atom. The Morgan fingerprint density at radius 2 is 1.89 bits per heavy atom. The summed E-state index contributed by atoms with van der Waals surface area (Å²) in [4.78, 5) is 17.1. The summed E-state index contributed by atoms with van der Waals surface area (Å²) in [5.41, 5.74) is 1.78. The molecule has 7 nitrogen and oxygen atoms in total. The standard InChI is InChI=1S/C20H23N3O4/c1-4-26-17-6-5-12-23-18(14(2)22-19(17)23)20(24)21-11-13-27-16-9-7-15(25-3)8-10-16/h5-10,12H,4,11,13H2,1-3H3,(H,21,24). The van der Waals surface area contributed by atoms with E-state index in [2.05, 4.69) is 10.3 Å². The van der Waals surface area contributed by atoms with Crippen molar-refractivity contribution in [2.75, 3.05) is 26.9 Å². The van der Waals surface area contributed by atoms with Crippen LogP contribution in [0.3, 0.4) is 0 Å². The Kier molecular flexibility index (Phi) is 5.80. The van der Waals surface area contributed by atoms with Crippen molar-refractivity contribution in [1.82, 2.24) is 14.7 Å². The lowest BCUT2D eigenvalue weighted by atomic mass is 10.3. The number of methoxy groups -OCH3 is 1. The molecule has 1 N–H and O–H groups in total. The van der Waals surface area contributed by atoms with Crippen LogP contribution in [0.4, 0.5) is 0 Å². The Balaban J connectivity index is 1.62. The monoisotopic (exact) mass is 369 g/mol. The summed E-state index contributed by atoms with van der Waals surface area (Å²) in [5.74, 6) is 1.94. The van der Waals surface area contributed by atoms with Gasteiger partial charge in [0.1, 0.15) is 23.8 Å². The molecule has 0 aliphatic rings. The maximum absolute atomic E-state index is 12.6. The van der Waals surface area contributed by atoms with E-state index in [-0.39, 0.29) is 5.91 Å². The smallest absolute Gasteiger partial charge is 0.270 e. The van der Waals surface area contributed by atoms with E-state index in [0.717, 1.165) is 11.5 Å². The first-order valence-electron chi connectivity index (χ1n) is 8.79. The number of fused-ring (bicyclic) bond motifs is 1. The molecule has 0 saturated carbocycles. The number of imidazole rings is 1. The van der Waals surface area contributed by atoms with Crippen molar-refractivity contribution < 1.29 is 19.0 Å². The summed E-state index contributed by atoms with van der Waals surface area (Å²) < 4.78 is 18.1. The third-order valence-electron chi connectivity index (χ3n) is 4.02. The van der Waals surface area contributed by atoms with Crippen LogP contribution < -0.4 is 19.5 Å². The highest BCUT2D eigenvalue weighted by Crippen LogP contribution is 2.22. The van der Waals surface area contributed by atoms with Gasteiger partial charge in [0.05, 0.1) is 26.0 Å². The van der Waals surface area contributed by atoms with E-state index < -0.39 is 0 Å². The van der Waals surface area contributed by atoms with Gasteiger partial charge in [-0.3, -0.25) is 9.20 Å². The van der Waals surface area contributed by atoms with Gasteiger partial charge in [0.25, 0.3) is 5.91 Å². The van der Waals surface area contributed by atoms with Crippen molar-refractivity contribution in [1.29, 1.82) is 0 Å². The zero-order valence-corrected chi connectivity index (χ0v) is 15.7. The first-order chi connectivity index (χ1) is 13.1. The summed E-state index contributed by atoms with van der Waals surface area (Å²) in [5, 5.41) is 2.87. The van der Waals surface area contributed by atoms with Crippen LogP contribution in [0.25, 0.3) is 5.65 Å². The van der Waals surface area contributed by atoms with E-state index in [4.69, 9.17) is 14.2 Å². The van der Waals surface area contributed by atoms with Crippen LogP contribution in [-0.4, -0.2) is 42.2 Å². The van der Waals surface area contributed by atoms with Crippen molar-refractivity contribution in [3.63, 3.8) is 0 Å². The summed E-state index contributed by atoms with van der Waals surface area (Å²) in [6, 6.07) is 11.0. The molecule has 0 atom stereocenters. The number of hydrogen-bond donors (Lipinski definition) is 1. The Hall–Kier alpha value is -3.22. The van der Waals surface area contributed by atoms with Crippen LogP contribution in [0.2, 0.25) is 0 Å². The number of pyridine rings is 1. The lowest BCUT2D eigenvalue weighted by Gasteiger charge is -2.09. The lowest BCUT2D eigenvalue weighted by Crippen LogP contribution is -2.29. The van der Waals surface area contributed by atoms with Gasteiger partial charge < -0.3 is 19.5 Å². The molecule has 0 fully saturated rings. The fourth-order valence-corrected chi connectivity index (χ4v) is 2.79. The maximum Gasteiger partial charge on any atom is 0.270 e. The van der Waals surface area contributed by atoms with Gasteiger partial charge in [-0.2, -0.15) is 0 Å². The van der Waals surface area contributed by atoms with E-state index in [1.165, 1.54) is 0 Å². The number of amides is 1.